The first-order valence-electron chi connectivity index (χ1n) is 9.48. The number of ether oxygens (including phenoxy) is 1. The van der Waals surface area contributed by atoms with Crippen LogP contribution in [-0.4, -0.2) is 39.8 Å². The number of nitrogens with zero attached hydrogens (tertiary/aromatic N) is 1. The SMILES string of the molecule is CCNC(=NCc1ccc(C)cc1OCC)NCCS(=O)(=O)c1ccccc1. The van der Waals surface area contributed by atoms with E-state index in [0.29, 0.717) is 30.6 Å². The van der Waals surface area contributed by atoms with Gasteiger partial charge in [0.05, 0.1) is 23.8 Å². The molecule has 2 N–H and O–H groups in total. The van der Waals surface area contributed by atoms with Crippen molar-refractivity contribution in [1.29, 1.82) is 0 Å². The van der Waals surface area contributed by atoms with Gasteiger partial charge in [0.1, 0.15) is 5.75 Å². The Morgan fingerprint density at radius 3 is 2.50 bits per heavy atom. The molecule has 2 rings (SSSR count). The molecule has 0 fully saturated rings. The van der Waals surface area contributed by atoms with E-state index in [1.807, 2.05) is 39.0 Å². The lowest BCUT2D eigenvalue weighted by molar-refractivity contribution is 0.336. The molecular formula is C21H29N3O3S. The predicted octanol–water partition coefficient (Wildman–Crippen LogP) is 2.92. The van der Waals surface area contributed by atoms with Gasteiger partial charge in [0.25, 0.3) is 0 Å². The van der Waals surface area contributed by atoms with Crippen LogP contribution in [0.2, 0.25) is 0 Å². The van der Waals surface area contributed by atoms with Gasteiger partial charge in [0.2, 0.25) is 0 Å². The minimum absolute atomic E-state index is 0.00381. The smallest absolute Gasteiger partial charge is 0.191 e. The fraction of sp³-hybridized carbons (Fsp3) is 0.381. The molecule has 0 aliphatic rings. The van der Waals surface area contributed by atoms with Gasteiger partial charge in [-0.3, -0.25) is 0 Å². The number of rotatable bonds is 9. The normalized spacial score (nSPS) is 11.9. The molecule has 0 aliphatic heterocycles. The molecule has 0 radical (unpaired) electrons. The molecule has 0 saturated carbocycles. The van der Waals surface area contributed by atoms with Crippen molar-refractivity contribution in [2.75, 3.05) is 25.4 Å². The lowest BCUT2D eigenvalue weighted by Gasteiger charge is -2.13. The highest BCUT2D eigenvalue weighted by molar-refractivity contribution is 7.91. The van der Waals surface area contributed by atoms with E-state index in [0.717, 1.165) is 16.9 Å². The highest BCUT2D eigenvalue weighted by Gasteiger charge is 2.13. The zero-order valence-corrected chi connectivity index (χ0v) is 17.6. The lowest BCUT2D eigenvalue weighted by atomic mass is 10.1. The van der Waals surface area contributed by atoms with Crippen molar-refractivity contribution in [2.24, 2.45) is 4.99 Å². The van der Waals surface area contributed by atoms with E-state index in [1.54, 1.807) is 30.3 Å². The Balaban J connectivity index is 2.01. The molecule has 7 heteroatoms. The Labute approximate surface area is 168 Å². The van der Waals surface area contributed by atoms with E-state index < -0.39 is 9.84 Å². The van der Waals surface area contributed by atoms with Crippen LogP contribution in [-0.2, 0) is 16.4 Å². The molecule has 6 nitrogen and oxygen atoms in total. The van der Waals surface area contributed by atoms with Gasteiger partial charge < -0.3 is 15.4 Å². The van der Waals surface area contributed by atoms with Gasteiger partial charge in [-0.2, -0.15) is 0 Å². The summed E-state index contributed by atoms with van der Waals surface area (Å²) in [6.45, 7) is 7.93. The summed E-state index contributed by atoms with van der Waals surface area (Å²) in [6, 6.07) is 14.5. The molecule has 0 saturated heterocycles. The molecule has 2 aromatic rings. The van der Waals surface area contributed by atoms with Crippen LogP contribution in [0.4, 0.5) is 0 Å². The minimum atomic E-state index is -3.32. The summed E-state index contributed by atoms with van der Waals surface area (Å²) < 4.78 is 30.5. The molecule has 0 aromatic heterocycles. The molecule has 0 heterocycles. The van der Waals surface area contributed by atoms with Gasteiger partial charge in [0.15, 0.2) is 15.8 Å². The first kappa shape index (κ1) is 21.8. The Morgan fingerprint density at radius 1 is 1.07 bits per heavy atom. The average molecular weight is 404 g/mol. The second-order valence-electron chi connectivity index (χ2n) is 6.30. The maximum atomic E-state index is 12.4. The summed E-state index contributed by atoms with van der Waals surface area (Å²) in [5.74, 6) is 1.40. The highest BCUT2D eigenvalue weighted by Crippen LogP contribution is 2.21. The van der Waals surface area contributed by atoms with Gasteiger partial charge in [-0.25, -0.2) is 13.4 Å². The van der Waals surface area contributed by atoms with Gasteiger partial charge in [0, 0.05) is 18.7 Å². The number of guanidine groups is 1. The number of sulfone groups is 1. The van der Waals surface area contributed by atoms with Crippen molar-refractivity contribution < 1.29 is 13.2 Å². The third kappa shape index (κ3) is 6.56. The van der Waals surface area contributed by atoms with E-state index in [2.05, 4.69) is 15.6 Å². The van der Waals surface area contributed by atoms with Crippen molar-refractivity contribution in [3.05, 3.63) is 59.7 Å². The number of aryl methyl sites for hydroxylation is 1. The number of nitrogens with one attached hydrogen (secondary N) is 2. The molecule has 0 atom stereocenters. The molecule has 0 amide bonds. The van der Waals surface area contributed by atoms with E-state index in [9.17, 15) is 8.42 Å². The summed E-state index contributed by atoms with van der Waals surface area (Å²) in [4.78, 5) is 4.90. The van der Waals surface area contributed by atoms with E-state index in [-0.39, 0.29) is 12.3 Å². The fourth-order valence-corrected chi connectivity index (χ4v) is 3.82. The third-order valence-electron chi connectivity index (χ3n) is 4.04. The summed E-state index contributed by atoms with van der Waals surface area (Å²) in [5.41, 5.74) is 2.12. The molecule has 2 aromatic carbocycles. The number of hydrogen-bond acceptors (Lipinski definition) is 4. The number of aliphatic imine (C=N–C) groups is 1. The standard InChI is InChI=1S/C21H29N3O3S/c1-4-22-21(23-13-14-28(25,26)19-9-7-6-8-10-19)24-16-18-12-11-17(3)15-20(18)27-5-2/h6-12,15H,4-5,13-14,16H2,1-3H3,(H2,22,23,24). The molecule has 0 spiro atoms. The lowest BCUT2D eigenvalue weighted by Crippen LogP contribution is -2.39. The maximum absolute atomic E-state index is 12.4. The molecule has 0 bridgehead atoms. The van der Waals surface area contributed by atoms with Crippen LogP contribution in [0.15, 0.2) is 58.4 Å². The van der Waals surface area contributed by atoms with Crippen LogP contribution in [0.5, 0.6) is 5.75 Å². The van der Waals surface area contributed by atoms with Crippen LogP contribution in [0.25, 0.3) is 0 Å². The molecular weight excluding hydrogens is 374 g/mol. The Morgan fingerprint density at radius 2 is 1.82 bits per heavy atom. The number of benzene rings is 2. The molecule has 152 valence electrons. The highest BCUT2D eigenvalue weighted by atomic mass is 32.2. The average Bonchev–Trinajstić information content (AvgIpc) is 2.68. The van der Waals surface area contributed by atoms with Crippen molar-refractivity contribution in [1.82, 2.24) is 10.6 Å². The van der Waals surface area contributed by atoms with Crippen LogP contribution in [0, 0.1) is 6.92 Å². The second-order valence-corrected chi connectivity index (χ2v) is 8.41. The van der Waals surface area contributed by atoms with E-state index >= 15 is 0 Å². The zero-order chi connectivity index (χ0) is 20.4. The first-order valence-corrected chi connectivity index (χ1v) is 11.1. The van der Waals surface area contributed by atoms with Crippen LogP contribution >= 0.6 is 0 Å². The van der Waals surface area contributed by atoms with E-state index in [4.69, 9.17) is 4.74 Å². The summed E-state index contributed by atoms with van der Waals surface area (Å²) >= 11 is 0. The first-order chi connectivity index (χ1) is 13.5. The van der Waals surface area contributed by atoms with Crippen LogP contribution < -0.4 is 15.4 Å². The minimum Gasteiger partial charge on any atom is -0.494 e. The summed E-state index contributed by atoms with van der Waals surface area (Å²) in [5, 5.41) is 6.24. The Hall–Kier alpha value is -2.54. The number of hydrogen-bond donors (Lipinski definition) is 2. The van der Waals surface area contributed by atoms with Crippen molar-refractivity contribution in [3.63, 3.8) is 0 Å². The largest absolute Gasteiger partial charge is 0.494 e. The molecule has 0 unspecified atom stereocenters. The predicted molar refractivity (Wildman–Crippen MR) is 114 cm³/mol. The Kier molecular flexibility index (Phi) is 8.32. The Bertz CT molecular complexity index is 881. The van der Waals surface area contributed by atoms with Crippen molar-refractivity contribution in [2.45, 2.75) is 32.2 Å². The van der Waals surface area contributed by atoms with Crippen molar-refractivity contribution in [3.8, 4) is 5.75 Å². The summed E-state index contributed by atoms with van der Waals surface area (Å²) in [6.07, 6.45) is 0. The van der Waals surface area contributed by atoms with Crippen molar-refractivity contribution >= 4 is 15.8 Å². The second kappa shape index (κ2) is 10.7. The van der Waals surface area contributed by atoms with Gasteiger partial charge in [-0.1, -0.05) is 30.3 Å². The van der Waals surface area contributed by atoms with E-state index in [1.165, 1.54) is 0 Å². The topological polar surface area (TPSA) is 79.8 Å². The monoisotopic (exact) mass is 403 g/mol. The molecule has 28 heavy (non-hydrogen) atoms. The third-order valence-corrected chi connectivity index (χ3v) is 5.77. The molecule has 0 aliphatic carbocycles. The van der Waals surface area contributed by atoms with Crippen LogP contribution in [0.3, 0.4) is 0 Å². The van der Waals surface area contributed by atoms with Gasteiger partial charge in [-0.15, -0.1) is 0 Å². The van der Waals surface area contributed by atoms with Crippen LogP contribution in [0.1, 0.15) is 25.0 Å². The quantitative estimate of drug-likeness (QED) is 0.497. The zero-order valence-electron chi connectivity index (χ0n) is 16.7. The summed E-state index contributed by atoms with van der Waals surface area (Å²) in [7, 11) is -3.32. The fourth-order valence-electron chi connectivity index (χ4n) is 2.64. The maximum Gasteiger partial charge on any atom is 0.191 e. The van der Waals surface area contributed by atoms with Gasteiger partial charge >= 0.3 is 0 Å². The van der Waals surface area contributed by atoms with Gasteiger partial charge in [-0.05, 0) is 44.5 Å².